The van der Waals surface area contributed by atoms with Crippen molar-refractivity contribution in [3.63, 3.8) is 0 Å². The summed E-state index contributed by atoms with van der Waals surface area (Å²) >= 11 is 0. The largest absolute Gasteiger partial charge is 0.478 e. The number of halogens is 3. The van der Waals surface area contributed by atoms with E-state index in [2.05, 4.69) is 0 Å². The van der Waals surface area contributed by atoms with E-state index >= 15 is 0 Å². The third-order valence-electron chi connectivity index (χ3n) is 2.84. The van der Waals surface area contributed by atoms with E-state index in [1.807, 2.05) is 6.92 Å². The first-order valence-electron chi connectivity index (χ1n) is 6.56. The Bertz CT molecular complexity index is 524. The zero-order valence-corrected chi connectivity index (χ0v) is 11.9. The normalized spacial score (nSPS) is 11.9. The molecule has 1 aromatic rings. The number of aliphatic carboxylic acids is 1. The number of anilines is 1. The van der Waals surface area contributed by atoms with Crippen molar-refractivity contribution in [3.8, 4) is 0 Å². The van der Waals surface area contributed by atoms with Crippen molar-refractivity contribution in [2.24, 2.45) is 0 Å². The second-order valence-electron chi connectivity index (χ2n) is 4.75. The molecule has 0 atom stereocenters. The van der Waals surface area contributed by atoms with Crippen LogP contribution in [-0.2, 0) is 4.79 Å². The van der Waals surface area contributed by atoms with Gasteiger partial charge in [-0.3, -0.25) is 0 Å². The number of carbonyl (C=O) groups is 1. The van der Waals surface area contributed by atoms with Gasteiger partial charge < -0.3 is 10.0 Å². The molecule has 21 heavy (non-hydrogen) atoms. The van der Waals surface area contributed by atoms with Crippen LogP contribution in [0.3, 0.4) is 0 Å². The van der Waals surface area contributed by atoms with Crippen LogP contribution in [0.15, 0.2) is 24.3 Å². The Labute approximate surface area is 121 Å². The zero-order chi connectivity index (χ0) is 16.0. The fourth-order valence-corrected chi connectivity index (χ4v) is 2.08. The van der Waals surface area contributed by atoms with Crippen molar-refractivity contribution in [2.75, 3.05) is 18.0 Å². The van der Waals surface area contributed by atoms with Gasteiger partial charge in [0.25, 0.3) is 0 Å². The number of aryl methyl sites for hydroxylation is 1. The number of rotatable bonds is 6. The van der Waals surface area contributed by atoms with Gasteiger partial charge in [-0.15, -0.1) is 0 Å². The second kappa shape index (κ2) is 7.15. The molecule has 3 nitrogen and oxygen atoms in total. The molecule has 0 spiro atoms. The van der Waals surface area contributed by atoms with Crippen LogP contribution in [0.1, 0.15) is 24.5 Å². The number of hydrogen-bond acceptors (Lipinski definition) is 2. The predicted octanol–water partition coefficient (Wildman–Crippen LogP) is 3.87. The number of carboxylic acid groups (broad SMARTS) is 1. The molecule has 0 heterocycles. The highest BCUT2D eigenvalue weighted by Gasteiger charge is 2.31. The standard InChI is InChI=1S/C15H18F3NO2/c1-3-8-19(10-15(16,17)18)13-6-4-12(9-11(13)2)5-7-14(20)21/h4-7,9H,3,8,10H2,1-2H3,(H,20,21). The Morgan fingerprint density at radius 3 is 2.52 bits per heavy atom. The van der Waals surface area contributed by atoms with E-state index in [0.717, 1.165) is 6.08 Å². The topological polar surface area (TPSA) is 40.5 Å². The summed E-state index contributed by atoms with van der Waals surface area (Å²) in [7, 11) is 0. The van der Waals surface area contributed by atoms with Gasteiger partial charge in [-0.1, -0.05) is 13.0 Å². The van der Waals surface area contributed by atoms with E-state index in [-0.39, 0.29) is 0 Å². The Kier molecular flexibility index (Phi) is 5.81. The zero-order valence-electron chi connectivity index (χ0n) is 11.9. The third kappa shape index (κ3) is 5.89. The van der Waals surface area contributed by atoms with Crippen LogP contribution in [0.2, 0.25) is 0 Å². The van der Waals surface area contributed by atoms with E-state index in [1.54, 1.807) is 25.1 Å². The van der Waals surface area contributed by atoms with Gasteiger partial charge in [0.15, 0.2) is 0 Å². The molecule has 0 bridgehead atoms. The molecular weight excluding hydrogens is 283 g/mol. The van der Waals surface area contributed by atoms with Crippen LogP contribution in [0.25, 0.3) is 6.08 Å². The lowest BCUT2D eigenvalue weighted by Crippen LogP contribution is -2.35. The molecule has 1 aromatic carbocycles. The van der Waals surface area contributed by atoms with Crippen LogP contribution in [0.5, 0.6) is 0 Å². The molecular formula is C15H18F3NO2. The summed E-state index contributed by atoms with van der Waals surface area (Å²) in [6, 6.07) is 4.88. The molecule has 116 valence electrons. The van der Waals surface area contributed by atoms with Crippen molar-refractivity contribution < 1.29 is 23.1 Å². The van der Waals surface area contributed by atoms with Gasteiger partial charge in [0.05, 0.1) is 0 Å². The lowest BCUT2D eigenvalue weighted by atomic mass is 10.1. The molecule has 0 amide bonds. The predicted molar refractivity (Wildman–Crippen MR) is 76.4 cm³/mol. The van der Waals surface area contributed by atoms with Crippen molar-refractivity contribution in [3.05, 3.63) is 35.4 Å². The molecule has 0 fully saturated rings. The van der Waals surface area contributed by atoms with Crippen molar-refractivity contribution in [1.29, 1.82) is 0 Å². The van der Waals surface area contributed by atoms with Crippen LogP contribution in [0.4, 0.5) is 18.9 Å². The average Bonchev–Trinajstić information content (AvgIpc) is 2.34. The molecule has 1 N–H and O–H groups in total. The quantitative estimate of drug-likeness (QED) is 0.811. The maximum atomic E-state index is 12.6. The monoisotopic (exact) mass is 301 g/mol. The van der Waals surface area contributed by atoms with E-state index in [4.69, 9.17) is 5.11 Å². The highest BCUT2D eigenvalue weighted by atomic mass is 19.4. The van der Waals surface area contributed by atoms with Gasteiger partial charge in [-0.05, 0) is 42.7 Å². The summed E-state index contributed by atoms with van der Waals surface area (Å²) in [5.41, 5.74) is 1.84. The van der Waals surface area contributed by atoms with Gasteiger partial charge in [0, 0.05) is 18.3 Å². The highest BCUT2D eigenvalue weighted by Crippen LogP contribution is 2.26. The molecule has 0 saturated heterocycles. The lowest BCUT2D eigenvalue weighted by Gasteiger charge is -2.27. The van der Waals surface area contributed by atoms with Crippen molar-refractivity contribution in [1.82, 2.24) is 0 Å². The average molecular weight is 301 g/mol. The minimum atomic E-state index is -4.26. The Morgan fingerprint density at radius 2 is 2.05 bits per heavy atom. The molecule has 0 unspecified atom stereocenters. The highest BCUT2D eigenvalue weighted by molar-refractivity contribution is 5.85. The van der Waals surface area contributed by atoms with Gasteiger partial charge in [-0.2, -0.15) is 13.2 Å². The SMILES string of the molecule is CCCN(CC(F)(F)F)c1ccc(C=CC(=O)O)cc1C. The van der Waals surface area contributed by atoms with Crippen LogP contribution in [-0.4, -0.2) is 30.3 Å². The van der Waals surface area contributed by atoms with Crippen LogP contribution >= 0.6 is 0 Å². The van der Waals surface area contributed by atoms with E-state index < -0.39 is 18.7 Å². The van der Waals surface area contributed by atoms with E-state index in [0.29, 0.717) is 29.8 Å². The fourth-order valence-electron chi connectivity index (χ4n) is 2.08. The number of benzene rings is 1. The van der Waals surface area contributed by atoms with Crippen LogP contribution in [0, 0.1) is 6.92 Å². The maximum absolute atomic E-state index is 12.6. The molecule has 0 radical (unpaired) electrons. The number of carboxylic acids is 1. The Morgan fingerprint density at radius 1 is 1.38 bits per heavy atom. The van der Waals surface area contributed by atoms with E-state index in [1.165, 1.54) is 11.0 Å². The molecule has 1 rings (SSSR count). The summed E-state index contributed by atoms with van der Waals surface area (Å²) in [6.07, 6.45) is -1.25. The molecule has 0 aliphatic rings. The smallest absolute Gasteiger partial charge is 0.405 e. The Balaban J connectivity index is 3.02. The molecule has 0 aliphatic heterocycles. The summed E-state index contributed by atoms with van der Waals surface area (Å²) in [4.78, 5) is 11.7. The summed E-state index contributed by atoms with van der Waals surface area (Å²) in [6.45, 7) is 2.85. The maximum Gasteiger partial charge on any atom is 0.405 e. The van der Waals surface area contributed by atoms with E-state index in [9.17, 15) is 18.0 Å². The first-order valence-corrected chi connectivity index (χ1v) is 6.56. The fraction of sp³-hybridized carbons (Fsp3) is 0.400. The third-order valence-corrected chi connectivity index (χ3v) is 2.84. The molecule has 6 heteroatoms. The minimum absolute atomic E-state index is 0.310. The first-order chi connectivity index (χ1) is 9.73. The van der Waals surface area contributed by atoms with Gasteiger partial charge >= 0.3 is 12.1 Å². The van der Waals surface area contributed by atoms with Gasteiger partial charge in [-0.25, -0.2) is 4.79 Å². The van der Waals surface area contributed by atoms with Gasteiger partial charge in [0.2, 0.25) is 0 Å². The summed E-state index contributed by atoms with van der Waals surface area (Å²) in [5.74, 6) is -1.07. The second-order valence-corrected chi connectivity index (χ2v) is 4.75. The Hall–Kier alpha value is -1.98. The first kappa shape index (κ1) is 17.1. The van der Waals surface area contributed by atoms with Crippen molar-refractivity contribution in [2.45, 2.75) is 26.4 Å². The summed E-state index contributed by atoms with van der Waals surface area (Å²) in [5, 5.41) is 8.56. The van der Waals surface area contributed by atoms with Crippen molar-refractivity contribution >= 4 is 17.7 Å². The number of alkyl halides is 3. The number of nitrogens with zero attached hydrogens (tertiary/aromatic N) is 1. The molecule has 0 aliphatic carbocycles. The number of hydrogen-bond donors (Lipinski definition) is 1. The molecule has 0 aromatic heterocycles. The minimum Gasteiger partial charge on any atom is -0.478 e. The molecule has 0 saturated carbocycles. The summed E-state index contributed by atoms with van der Waals surface area (Å²) < 4.78 is 37.9. The van der Waals surface area contributed by atoms with Gasteiger partial charge in [0.1, 0.15) is 6.54 Å². The van der Waals surface area contributed by atoms with Crippen LogP contribution < -0.4 is 4.90 Å². The lowest BCUT2D eigenvalue weighted by molar-refractivity contribution is -0.131.